The molecular weight excluding hydrogens is 379 g/mol. The molecule has 0 amide bonds. The van der Waals surface area contributed by atoms with Crippen molar-refractivity contribution in [3.63, 3.8) is 0 Å². The number of carbonyl (C=O) groups is 1. The number of aliphatic hydroxyl groups is 1. The van der Waals surface area contributed by atoms with E-state index < -0.39 is 25.9 Å². The van der Waals surface area contributed by atoms with Crippen molar-refractivity contribution in [2.24, 2.45) is 0 Å². The van der Waals surface area contributed by atoms with Gasteiger partial charge in [0.25, 0.3) is 0 Å². The molecule has 3 aromatic carbocycles. The zero-order valence-electron chi connectivity index (χ0n) is 14.5. The number of thioether (sulfide) groups is 1. The third-order valence-corrected chi connectivity index (χ3v) is 6.39. The van der Waals surface area contributed by atoms with Gasteiger partial charge in [-0.15, -0.1) is 11.8 Å². The smallest absolute Gasteiger partial charge is 0.337 e. The second-order valence-electron chi connectivity index (χ2n) is 6.27. The first-order valence-corrected chi connectivity index (χ1v) is 10.4. The first-order valence-electron chi connectivity index (χ1n) is 8.46. The number of benzene rings is 3. The third kappa shape index (κ3) is 4.22. The zero-order valence-corrected chi connectivity index (χ0v) is 16.2. The van der Waals surface area contributed by atoms with Gasteiger partial charge < -0.3 is 10.2 Å². The zero-order chi connectivity index (χ0) is 19.3. The van der Waals surface area contributed by atoms with Crippen LogP contribution in [0.25, 0.3) is 10.8 Å². The Morgan fingerprint density at radius 3 is 2.37 bits per heavy atom. The summed E-state index contributed by atoms with van der Waals surface area (Å²) in [5.41, 5.74) is -1.40. The van der Waals surface area contributed by atoms with E-state index in [0.717, 1.165) is 15.7 Å². The fourth-order valence-electron chi connectivity index (χ4n) is 3.12. The maximum absolute atomic E-state index is 11.8. The molecule has 2 N–H and O–H groups in total. The van der Waals surface area contributed by atoms with Gasteiger partial charge >= 0.3 is 5.97 Å². The van der Waals surface area contributed by atoms with Crippen molar-refractivity contribution in [3.8, 4) is 0 Å². The van der Waals surface area contributed by atoms with Crippen molar-refractivity contribution >= 4 is 37.0 Å². The molecule has 2 unspecified atom stereocenters. The van der Waals surface area contributed by atoms with Crippen molar-refractivity contribution in [2.75, 3.05) is 11.9 Å². The van der Waals surface area contributed by atoms with Gasteiger partial charge in [-0.25, -0.2) is 4.79 Å². The lowest BCUT2D eigenvalue weighted by Gasteiger charge is -2.31. The van der Waals surface area contributed by atoms with E-state index in [9.17, 15) is 19.6 Å². The van der Waals surface area contributed by atoms with E-state index in [2.05, 4.69) is 0 Å². The number of carboxylic acid groups (broad SMARTS) is 1. The molecule has 0 fully saturated rings. The average Bonchev–Trinajstić information content (AvgIpc) is 2.69. The lowest BCUT2D eigenvalue weighted by Crippen LogP contribution is -2.47. The molecular formula is C21H19O4PS. The molecule has 0 saturated heterocycles. The van der Waals surface area contributed by atoms with E-state index in [1.54, 1.807) is 12.1 Å². The lowest BCUT2D eigenvalue weighted by atomic mass is 9.84. The molecule has 4 nitrogen and oxygen atoms in total. The quantitative estimate of drug-likeness (QED) is 0.420. The fourth-order valence-corrected chi connectivity index (χ4v) is 5.00. The van der Waals surface area contributed by atoms with Gasteiger partial charge in [-0.1, -0.05) is 66.7 Å². The van der Waals surface area contributed by atoms with Crippen LogP contribution in [0.4, 0.5) is 0 Å². The van der Waals surface area contributed by atoms with Gasteiger partial charge in [0.2, 0.25) is 0 Å². The summed E-state index contributed by atoms with van der Waals surface area (Å²) in [6.45, 7) is 0. The summed E-state index contributed by atoms with van der Waals surface area (Å²) in [5, 5.41) is 22.7. The lowest BCUT2D eigenvalue weighted by molar-refractivity contribution is -0.157. The summed E-state index contributed by atoms with van der Waals surface area (Å²) < 4.78 is 11.2. The SMILES string of the molecule is O=PCC(O)(C(=O)O)C(CSc1cccc2ccccc12)c1ccccc1. The maximum Gasteiger partial charge on any atom is 0.337 e. The molecule has 0 heterocycles. The molecule has 0 saturated carbocycles. The van der Waals surface area contributed by atoms with Gasteiger partial charge in [-0.2, -0.15) is 0 Å². The van der Waals surface area contributed by atoms with Crippen LogP contribution in [0.15, 0.2) is 77.7 Å². The minimum absolute atomic E-state index is 0.344. The molecule has 0 radical (unpaired) electrons. The van der Waals surface area contributed by atoms with Gasteiger partial charge in [0.1, 0.15) is 0 Å². The van der Waals surface area contributed by atoms with Crippen LogP contribution in [-0.4, -0.2) is 33.7 Å². The summed E-state index contributed by atoms with van der Waals surface area (Å²) in [4.78, 5) is 12.9. The van der Waals surface area contributed by atoms with E-state index in [1.165, 1.54) is 11.8 Å². The number of hydrogen-bond acceptors (Lipinski definition) is 4. The minimum Gasteiger partial charge on any atom is -0.479 e. The van der Waals surface area contributed by atoms with E-state index in [-0.39, 0.29) is 6.16 Å². The van der Waals surface area contributed by atoms with Gasteiger partial charge in [-0.3, -0.25) is 4.57 Å². The Labute approximate surface area is 163 Å². The van der Waals surface area contributed by atoms with Crippen molar-refractivity contribution in [1.29, 1.82) is 0 Å². The normalized spacial score (nSPS) is 14.7. The topological polar surface area (TPSA) is 74.6 Å². The van der Waals surface area contributed by atoms with Crippen LogP contribution in [-0.2, 0) is 9.36 Å². The Balaban J connectivity index is 1.96. The van der Waals surface area contributed by atoms with Crippen LogP contribution >= 0.6 is 20.2 Å². The maximum atomic E-state index is 11.8. The van der Waals surface area contributed by atoms with Crippen LogP contribution in [0.1, 0.15) is 11.5 Å². The predicted octanol–water partition coefficient (Wildman–Crippen LogP) is 4.82. The van der Waals surface area contributed by atoms with E-state index in [0.29, 0.717) is 11.3 Å². The number of aliphatic carboxylic acids is 1. The van der Waals surface area contributed by atoms with Gasteiger partial charge in [0, 0.05) is 16.6 Å². The van der Waals surface area contributed by atoms with Crippen LogP contribution < -0.4 is 0 Å². The number of carboxylic acids is 1. The minimum atomic E-state index is -2.11. The number of rotatable bonds is 8. The van der Waals surface area contributed by atoms with Crippen LogP contribution in [0.3, 0.4) is 0 Å². The summed E-state index contributed by atoms with van der Waals surface area (Å²) in [6, 6.07) is 23.0. The van der Waals surface area contributed by atoms with E-state index in [1.807, 2.05) is 60.7 Å². The highest BCUT2D eigenvalue weighted by Gasteiger charge is 2.45. The molecule has 27 heavy (non-hydrogen) atoms. The Hall–Kier alpha value is -2.20. The highest BCUT2D eigenvalue weighted by Crippen LogP contribution is 2.38. The second kappa shape index (κ2) is 8.66. The molecule has 138 valence electrons. The standard InChI is InChI=1S/C21H19O4PS/c22-20(23)21(24,14-26-25)18(16-8-2-1-3-9-16)13-27-19-12-6-10-15-7-4-5-11-17(15)19/h1-12,18,24H,13-14H2,(H,22,23). The van der Waals surface area contributed by atoms with Crippen molar-refractivity contribution in [2.45, 2.75) is 16.4 Å². The Kier molecular flexibility index (Phi) is 6.27. The highest BCUT2D eigenvalue weighted by molar-refractivity contribution is 7.99. The molecule has 0 bridgehead atoms. The first kappa shape index (κ1) is 19.6. The second-order valence-corrected chi connectivity index (χ2v) is 7.90. The fraction of sp³-hybridized carbons (Fsp3) is 0.190. The Morgan fingerprint density at radius 1 is 1.00 bits per heavy atom. The molecule has 0 aliphatic carbocycles. The molecule has 0 aromatic heterocycles. The monoisotopic (exact) mass is 398 g/mol. The highest BCUT2D eigenvalue weighted by atomic mass is 32.2. The Bertz CT molecular complexity index is 942. The van der Waals surface area contributed by atoms with Crippen molar-refractivity contribution in [3.05, 3.63) is 78.4 Å². The van der Waals surface area contributed by atoms with E-state index >= 15 is 0 Å². The van der Waals surface area contributed by atoms with E-state index in [4.69, 9.17) is 0 Å². The third-order valence-electron chi connectivity index (χ3n) is 4.61. The molecule has 0 aliphatic rings. The molecule has 2 atom stereocenters. The van der Waals surface area contributed by atoms with Crippen molar-refractivity contribution in [1.82, 2.24) is 0 Å². The number of fused-ring (bicyclic) bond motifs is 1. The Morgan fingerprint density at radius 2 is 1.67 bits per heavy atom. The van der Waals surface area contributed by atoms with Gasteiger partial charge in [0.15, 0.2) is 14.1 Å². The average molecular weight is 398 g/mol. The first-order chi connectivity index (χ1) is 13.1. The van der Waals surface area contributed by atoms with Crippen LogP contribution in [0, 0.1) is 0 Å². The molecule has 0 spiro atoms. The van der Waals surface area contributed by atoms with Gasteiger partial charge in [-0.05, 0) is 22.4 Å². The summed E-state index contributed by atoms with van der Waals surface area (Å²) >= 11 is 1.49. The summed E-state index contributed by atoms with van der Waals surface area (Å²) in [5.74, 6) is -1.73. The largest absolute Gasteiger partial charge is 0.479 e. The van der Waals surface area contributed by atoms with Crippen molar-refractivity contribution < 1.29 is 19.6 Å². The molecule has 3 rings (SSSR count). The summed E-state index contributed by atoms with van der Waals surface area (Å²) in [6.07, 6.45) is -0.363. The molecule has 0 aliphatic heterocycles. The van der Waals surface area contributed by atoms with Crippen LogP contribution in [0.2, 0.25) is 0 Å². The van der Waals surface area contributed by atoms with Crippen LogP contribution in [0.5, 0.6) is 0 Å². The summed E-state index contributed by atoms with van der Waals surface area (Å²) in [7, 11) is -0.400. The van der Waals surface area contributed by atoms with Gasteiger partial charge in [0.05, 0.1) is 6.16 Å². The molecule has 6 heteroatoms. The predicted molar refractivity (Wildman–Crippen MR) is 109 cm³/mol. The number of hydrogen-bond donors (Lipinski definition) is 2. The molecule has 3 aromatic rings.